The fourth-order valence-electron chi connectivity index (χ4n) is 2.30. The van der Waals surface area contributed by atoms with E-state index in [1.165, 1.54) is 5.56 Å². The van der Waals surface area contributed by atoms with E-state index in [4.69, 9.17) is 5.73 Å². The Morgan fingerprint density at radius 3 is 2.39 bits per heavy atom. The molecule has 0 saturated heterocycles. The summed E-state index contributed by atoms with van der Waals surface area (Å²) < 4.78 is 0. The van der Waals surface area contributed by atoms with Gasteiger partial charge in [-0.3, -0.25) is 4.79 Å². The first-order valence-corrected chi connectivity index (χ1v) is 6.23. The standard InChI is InChI=1S/C14H20N2O.ClH/c1-11-4-6-12(7-5-11)10-16-13(17)14(15)8-2-3-9-14;/h4-7H,2-3,8-10,15H2,1H3,(H,16,17);1H. The third-order valence-electron chi connectivity index (χ3n) is 3.52. The molecule has 1 amide bonds. The lowest BCUT2D eigenvalue weighted by Gasteiger charge is -2.22. The summed E-state index contributed by atoms with van der Waals surface area (Å²) in [6, 6.07) is 8.17. The number of rotatable bonds is 3. The summed E-state index contributed by atoms with van der Waals surface area (Å²) in [5.74, 6) is -0.00410. The SMILES string of the molecule is Cc1ccc(CNC(=O)C2(N)CCCC2)cc1.Cl. The molecule has 0 spiro atoms. The molecule has 0 unspecified atom stereocenters. The summed E-state index contributed by atoms with van der Waals surface area (Å²) >= 11 is 0. The summed E-state index contributed by atoms with van der Waals surface area (Å²) in [5.41, 5.74) is 7.80. The van der Waals surface area contributed by atoms with Crippen molar-refractivity contribution in [1.82, 2.24) is 5.32 Å². The second-order valence-electron chi connectivity index (χ2n) is 5.03. The van der Waals surface area contributed by atoms with Crippen molar-refractivity contribution >= 4 is 18.3 Å². The molecule has 4 heteroatoms. The highest BCUT2D eigenvalue weighted by atomic mass is 35.5. The smallest absolute Gasteiger partial charge is 0.240 e. The van der Waals surface area contributed by atoms with Crippen LogP contribution in [0.5, 0.6) is 0 Å². The van der Waals surface area contributed by atoms with Crippen LogP contribution in [0.15, 0.2) is 24.3 Å². The number of benzene rings is 1. The zero-order chi connectivity index (χ0) is 12.3. The van der Waals surface area contributed by atoms with Crippen molar-refractivity contribution in [3.05, 3.63) is 35.4 Å². The van der Waals surface area contributed by atoms with Crippen molar-refractivity contribution in [3.63, 3.8) is 0 Å². The molecular formula is C14H21ClN2O. The maximum absolute atomic E-state index is 12.0. The summed E-state index contributed by atoms with van der Waals surface area (Å²) in [7, 11) is 0. The molecule has 1 aliphatic carbocycles. The van der Waals surface area contributed by atoms with Crippen molar-refractivity contribution < 1.29 is 4.79 Å². The Bertz CT molecular complexity index is 397. The number of aryl methyl sites for hydroxylation is 1. The topological polar surface area (TPSA) is 55.1 Å². The van der Waals surface area contributed by atoms with E-state index in [2.05, 4.69) is 24.4 Å². The molecule has 0 radical (unpaired) electrons. The van der Waals surface area contributed by atoms with Gasteiger partial charge in [0.15, 0.2) is 0 Å². The van der Waals surface area contributed by atoms with Crippen LogP contribution in [0, 0.1) is 6.92 Å². The molecule has 2 rings (SSSR count). The zero-order valence-electron chi connectivity index (χ0n) is 10.7. The number of carbonyl (C=O) groups excluding carboxylic acids is 1. The van der Waals surface area contributed by atoms with Gasteiger partial charge in [-0.05, 0) is 25.3 Å². The maximum atomic E-state index is 12.0. The van der Waals surface area contributed by atoms with Gasteiger partial charge in [0.1, 0.15) is 0 Å². The van der Waals surface area contributed by atoms with E-state index in [-0.39, 0.29) is 18.3 Å². The summed E-state index contributed by atoms with van der Waals surface area (Å²) in [5, 5.41) is 2.94. The van der Waals surface area contributed by atoms with Gasteiger partial charge >= 0.3 is 0 Å². The number of carbonyl (C=O) groups is 1. The molecule has 0 atom stereocenters. The summed E-state index contributed by atoms with van der Waals surface area (Å²) in [6.45, 7) is 2.62. The first-order chi connectivity index (χ1) is 8.10. The summed E-state index contributed by atoms with van der Waals surface area (Å²) in [6.07, 6.45) is 3.75. The quantitative estimate of drug-likeness (QED) is 0.884. The van der Waals surface area contributed by atoms with Gasteiger partial charge in [0.05, 0.1) is 5.54 Å². The van der Waals surface area contributed by atoms with Crippen LogP contribution in [0.1, 0.15) is 36.8 Å². The first-order valence-electron chi connectivity index (χ1n) is 6.23. The third kappa shape index (κ3) is 3.47. The molecule has 0 aliphatic heterocycles. The van der Waals surface area contributed by atoms with Crippen molar-refractivity contribution in [1.29, 1.82) is 0 Å². The van der Waals surface area contributed by atoms with E-state index in [0.717, 1.165) is 31.2 Å². The zero-order valence-corrected chi connectivity index (χ0v) is 11.6. The predicted octanol–water partition coefficient (Wildman–Crippen LogP) is 2.30. The summed E-state index contributed by atoms with van der Waals surface area (Å²) in [4.78, 5) is 12.0. The highest BCUT2D eigenvalue weighted by Crippen LogP contribution is 2.27. The second kappa shape index (κ2) is 6.21. The molecule has 1 aromatic carbocycles. The average Bonchev–Trinajstić information content (AvgIpc) is 2.76. The normalized spacial score (nSPS) is 17.0. The van der Waals surface area contributed by atoms with E-state index in [1.54, 1.807) is 0 Å². The lowest BCUT2D eigenvalue weighted by molar-refractivity contribution is -0.126. The van der Waals surface area contributed by atoms with Crippen LogP contribution < -0.4 is 11.1 Å². The number of amides is 1. The van der Waals surface area contributed by atoms with Gasteiger partial charge in [-0.15, -0.1) is 12.4 Å². The Morgan fingerprint density at radius 2 is 1.83 bits per heavy atom. The van der Waals surface area contributed by atoms with Gasteiger partial charge < -0.3 is 11.1 Å². The Hall–Kier alpha value is -1.06. The molecule has 1 aromatic rings. The third-order valence-corrected chi connectivity index (χ3v) is 3.52. The van der Waals surface area contributed by atoms with Gasteiger partial charge in [0.25, 0.3) is 0 Å². The van der Waals surface area contributed by atoms with Crippen molar-refractivity contribution in [3.8, 4) is 0 Å². The first kappa shape index (κ1) is 15.0. The average molecular weight is 269 g/mol. The Kier molecular flexibility index (Phi) is 5.17. The number of hydrogen-bond acceptors (Lipinski definition) is 2. The van der Waals surface area contributed by atoms with Crippen LogP contribution in [0.2, 0.25) is 0 Å². The highest BCUT2D eigenvalue weighted by Gasteiger charge is 2.36. The second-order valence-corrected chi connectivity index (χ2v) is 5.03. The van der Waals surface area contributed by atoms with Gasteiger partial charge in [0.2, 0.25) is 5.91 Å². The van der Waals surface area contributed by atoms with E-state index >= 15 is 0 Å². The minimum atomic E-state index is -0.620. The highest BCUT2D eigenvalue weighted by molar-refractivity contribution is 5.86. The maximum Gasteiger partial charge on any atom is 0.240 e. The number of halogens is 1. The van der Waals surface area contributed by atoms with Crippen LogP contribution in [0.25, 0.3) is 0 Å². The van der Waals surface area contributed by atoms with Crippen molar-refractivity contribution in [2.24, 2.45) is 5.73 Å². The Labute approximate surface area is 115 Å². The fraction of sp³-hybridized carbons (Fsp3) is 0.500. The minimum Gasteiger partial charge on any atom is -0.350 e. The van der Waals surface area contributed by atoms with Crippen LogP contribution in [0.4, 0.5) is 0 Å². The van der Waals surface area contributed by atoms with Gasteiger partial charge in [-0.1, -0.05) is 42.7 Å². The molecule has 0 heterocycles. The molecule has 1 saturated carbocycles. The van der Waals surface area contributed by atoms with Gasteiger partial charge in [-0.25, -0.2) is 0 Å². The van der Waals surface area contributed by atoms with E-state index < -0.39 is 5.54 Å². The van der Waals surface area contributed by atoms with Crippen LogP contribution in [0.3, 0.4) is 0 Å². The fourth-order valence-corrected chi connectivity index (χ4v) is 2.30. The molecule has 100 valence electrons. The molecule has 0 aromatic heterocycles. The van der Waals surface area contributed by atoms with E-state index in [1.807, 2.05) is 12.1 Å². The van der Waals surface area contributed by atoms with Crippen molar-refractivity contribution in [2.45, 2.75) is 44.7 Å². The monoisotopic (exact) mass is 268 g/mol. The molecule has 0 bridgehead atoms. The van der Waals surface area contributed by atoms with Crippen LogP contribution in [-0.4, -0.2) is 11.4 Å². The lowest BCUT2D eigenvalue weighted by Crippen LogP contribution is -2.51. The largest absolute Gasteiger partial charge is 0.350 e. The van der Waals surface area contributed by atoms with E-state index in [9.17, 15) is 4.79 Å². The van der Waals surface area contributed by atoms with Gasteiger partial charge in [-0.2, -0.15) is 0 Å². The number of hydrogen-bond donors (Lipinski definition) is 2. The molecule has 3 nitrogen and oxygen atoms in total. The molecule has 1 aliphatic rings. The lowest BCUT2D eigenvalue weighted by atomic mass is 9.98. The van der Waals surface area contributed by atoms with E-state index in [0.29, 0.717) is 6.54 Å². The molecular weight excluding hydrogens is 248 g/mol. The minimum absolute atomic E-state index is 0. The van der Waals surface area contributed by atoms with Crippen LogP contribution >= 0.6 is 12.4 Å². The number of nitrogens with two attached hydrogens (primary N) is 1. The van der Waals surface area contributed by atoms with Crippen LogP contribution in [-0.2, 0) is 11.3 Å². The predicted molar refractivity (Wildman–Crippen MR) is 75.7 cm³/mol. The Balaban J connectivity index is 0.00000162. The number of nitrogens with one attached hydrogen (secondary N) is 1. The molecule has 3 N–H and O–H groups in total. The van der Waals surface area contributed by atoms with Gasteiger partial charge in [0, 0.05) is 6.54 Å². The Morgan fingerprint density at radius 1 is 1.28 bits per heavy atom. The molecule has 1 fully saturated rings. The molecule has 18 heavy (non-hydrogen) atoms. The van der Waals surface area contributed by atoms with Crippen molar-refractivity contribution in [2.75, 3.05) is 0 Å².